The molecule has 26 heavy (non-hydrogen) atoms. The average molecular weight is 394 g/mol. The number of rotatable bonds is 5. The average Bonchev–Trinajstić information content (AvgIpc) is 2.92. The lowest BCUT2D eigenvalue weighted by molar-refractivity contribution is -0.126. The predicted molar refractivity (Wildman–Crippen MR) is 105 cm³/mol. The number of hydrogen-bond acceptors (Lipinski definition) is 4. The van der Waals surface area contributed by atoms with Crippen LogP contribution in [0.15, 0.2) is 24.3 Å². The lowest BCUT2D eigenvalue weighted by atomic mass is 9.96. The molecule has 1 saturated heterocycles. The van der Waals surface area contributed by atoms with E-state index in [1.807, 2.05) is 47.5 Å². The maximum Gasteiger partial charge on any atom is 0.223 e. The number of nitrogens with one attached hydrogen (secondary N) is 1. The Hall–Kier alpha value is -1.70. The summed E-state index contributed by atoms with van der Waals surface area (Å²) in [5, 5.41) is 8.31. The number of hydrogen-bond donors (Lipinski definition) is 1. The summed E-state index contributed by atoms with van der Waals surface area (Å²) in [6.07, 6.45) is 1.74. The van der Waals surface area contributed by atoms with Crippen molar-refractivity contribution in [2.24, 2.45) is 13.0 Å². The maximum atomic E-state index is 12.0. The van der Waals surface area contributed by atoms with Crippen LogP contribution in [-0.2, 0) is 18.5 Å². The van der Waals surface area contributed by atoms with E-state index in [0.717, 1.165) is 37.3 Å². The van der Waals surface area contributed by atoms with Crippen molar-refractivity contribution in [1.82, 2.24) is 24.6 Å². The van der Waals surface area contributed by atoms with Crippen LogP contribution in [-0.4, -0.2) is 44.8 Å². The third kappa shape index (κ3) is 4.16. The van der Waals surface area contributed by atoms with E-state index >= 15 is 0 Å². The largest absolute Gasteiger partial charge is 0.356 e. The van der Waals surface area contributed by atoms with E-state index in [1.165, 1.54) is 0 Å². The molecule has 0 atom stereocenters. The standard InChI is InChI=1S/C18H24ClN5OS/c1-3-20-17(25)14-8-10-23(11-9-14)12-24-18(26)22(2)16(21-24)13-4-6-15(19)7-5-13/h4-7,14H,3,8-12H2,1-2H3,(H,20,25). The van der Waals surface area contributed by atoms with Crippen molar-refractivity contribution in [1.29, 1.82) is 0 Å². The Morgan fingerprint density at radius 2 is 1.96 bits per heavy atom. The minimum absolute atomic E-state index is 0.118. The molecule has 2 heterocycles. The van der Waals surface area contributed by atoms with Gasteiger partial charge in [-0.2, -0.15) is 5.10 Å². The van der Waals surface area contributed by atoms with Crippen LogP contribution in [0.3, 0.4) is 0 Å². The van der Waals surface area contributed by atoms with Crippen LogP contribution in [0.4, 0.5) is 0 Å². The van der Waals surface area contributed by atoms with Gasteiger partial charge in [0.15, 0.2) is 10.6 Å². The second-order valence-electron chi connectivity index (χ2n) is 6.60. The molecule has 1 fully saturated rings. The van der Waals surface area contributed by atoms with E-state index in [0.29, 0.717) is 23.0 Å². The first kappa shape index (κ1) is 19.1. The molecule has 3 rings (SSSR count). The van der Waals surface area contributed by atoms with Gasteiger partial charge in [-0.05, 0) is 56.2 Å². The van der Waals surface area contributed by atoms with Crippen molar-refractivity contribution in [3.63, 3.8) is 0 Å². The Morgan fingerprint density at radius 3 is 2.58 bits per heavy atom. The van der Waals surface area contributed by atoms with E-state index in [1.54, 1.807) is 0 Å². The van der Waals surface area contributed by atoms with Gasteiger partial charge in [-0.15, -0.1) is 0 Å². The molecule has 1 aliphatic heterocycles. The van der Waals surface area contributed by atoms with Crippen LogP contribution in [0.2, 0.25) is 5.02 Å². The molecule has 2 aromatic rings. The predicted octanol–water partition coefficient (Wildman–Crippen LogP) is 3.08. The van der Waals surface area contributed by atoms with Crippen molar-refractivity contribution in [2.45, 2.75) is 26.4 Å². The van der Waals surface area contributed by atoms with Gasteiger partial charge in [-0.25, -0.2) is 4.68 Å². The number of nitrogens with zero attached hydrogens (tertiary/aromatic N) is 4. The monoisotopic (exact) mass is 393 g/mol. The number of aromatic nitrogens is 3. The van der Waals surface area contributed by atoms with Gasteiger partial charge in [0, 0.05) is 43.2 Å². The third-order valence-corrected chi connectivity index (χ3v) is 5.52. The molecule has 0 aliphatic carbocycles. The fourth-order valence-corrected chi connectivity index (χ4v) is 3.59. The van der Waals surface area contributed by atoms with Gasteiger partial charge in [0.25, 0.3) is 0 Å². The van der Waals surface area contributed by atoms with Crippen LogP contribution < -0.4 is 5.32 Å². The number of carbonyl (C=O) groups excluding carboxylic acids is 1. The normalized spacial score (nSPS) is 16.0. The summed E-state index contributed by atoms with van der Waals surface area (Å²) in [7, 11) is 1.93. The molecule has 1 N–H and O–H groups in total. The summed E-state index contributed by atoms with van der Waals surface area (Å²) < 4.78 is 4.45. The highest BCUT2D eigenvalue weighted by molar-refractivity contribution is 7.71. The van der Waals surface area contributed by atoms with Crippen LogP contribution >= 0.6 is 23.8 Å². The molecule has 140 valence electrons. The number of halogens is 1. The van der Waals surface area contributed by atoms with Gasteiger partial charge in [-0.1, -0.05) is 11.6 Å². The SMILES string of the molecule is CCNC(=O)C1CCN(Cn2nc(-c3ccc(Cl)cc3)n(C)c2=S)CC1. The third-order valence-electron chi connectivity index (χ3n) is 4.79. The zero-order chi connectivity index (χ0) is 18.7. The van der Waals surface area contributed by atoms with Gasteiger partial charge in [-0.3, -0.25) is 9.69 Å². The van der Waals surface area contributed by atoms with Crippen molar-refractivity contribution in [2.75, 3.05) is 19.6 Å². The number of amides is 1. The Balaban J connectivity index is 1.68. The zero-order valence-electron chi connectivity index (χ0n) is 15.1. The molecule has 1 aliphatic rings. The molecule has 0 unspecified atom stereocenters. The first-order valence-corrected chi connectivity index (χ1v) is 9.68. The molecular formula is C18H24ClN5OS. The summed E-state index contributed by atoms with van der Waals surface area (Å²) in [5.41, 5.74) is 0.983. The number of carbonyl (C=O) groups is 1. The quantitative estimate of drug-likeness (QED) is 0.793. The minimum atomic E-state index is 0.118. The van der Waals surface area contributed by atoms with Crippen molar-refractivity contribution in [3.05, 3.63) is 34.1 Å². The van der Waals surface area contributed by atoms with E-state index in [4.69, 9.17) is 28.9 Å². The van der Waals surface area contributed by atoms with Crippen molar-refractivity contribution in [3.8, 4) is 11.4 Å². The summed E-state index contributed by atoms with van der Waals surface area (Å²) in [4.78, 5) is 14.3. The molecule has 0 spiro atoms. The number of piperidine rings is 1. The van der Waals surface area contributed by atoms with Crippen LogP contribution in [0.1, 0.15) is 19.8 Å². The number of benzene rings is 1. The van der Waals surface area contributed by atoms with E-state index in [-0.39, 0.29) is 11.8 Å². The first-order chi connectivity index (χ1) is 12.5. The highest BCUT2D eigenvalue weighted by Crippen LogP contribution is 2.21. The fourth-order valence-electron chi connectivity index (χ4n) is 3.27. The molecule has 6 nitrogen and oxygen atoms in total. The molecular weight excluding hydrogens is 370 g/mol. The lowest BCUT2D eigenvalue weighted by Crippen LogP contribution is -2.41. The van der Waals surface area contributed by atoms with Crippen LogP contribution in [0.5, 0.6) is 0 Å². The van der Waals surface area contributed by atoms with E-state index in [2.05, 4.69) is 10.2 Å². The molecule has 1 aromatic carbocycles. The highest BCUT2D eigenvalue weighted by atomic mass is 35.5. The highest BCUT2D eigenvalue weighted by Gasteiger charge is 2.25. The van der Waals surface area contributed by atoms with Gasteiger partial charge >= 0.3 is 0 Å². The zero-order valence-corrected chi connectivity index (χ0v) is 16.7. The van der Waals surface area contributed by atoms with Crippen molar-refractivity contribution < 1.29 is 4.79 Å². The van der Waals surface area contributed by atoms with Gasteiger partial charge < -0.3 is 9.88 Å². The molecule has 0 saturated carbocycles. The minimum Gasteiger partial charge on any atom is -0.356 e. The molecule has 8 heteroatoms. The Labute approximate surface area is 163 Å². The van der Waals surface area contributed by atoms with E-state index in [9.17, 15) is 4.79 Å². The topological polar surface area (TPSA) is 55.1 Å². The lowest BCUT2D eigenvalue weighted by Gasteiger charge is -2.30. The molecule has 1 aromatic heterocycles. The summed E-state index contributed by atoms with van der Waals surface area (Å²) >= 11 is 11.5. The second-order valence-corrected chi connectivity index (χ2v) is 7.40. The fraction of sp³-hybridized carbons (Fsp3) is 0.500. The molecule has 1 amide bonds. The van der Waals surface area contributed by atoms with Crippen LogP contribution in [0.25, 0.3) is 11.4 Å². The Bertz CT molecular complexity index is 821. The van der Waals surface area contributed by atoms with Crippen molar-refractivity contribution >= 4 is 29.7 Å². The van der Waals surface area contributed by atoms with Crippen LogP contribution in [0, 0.1) is 10.7 Å². The summed E-state index contributed by atoms with van der Waals surface area (Å²) in [6, 6.07) is 7.60. The first-order valence-electron chi connectivity index (χ1n) is 8.89. The van der Waals surface area contributed by atoms with Gasteiger partial charge in [0.05, 0.1) is 6.67 Å². The smallest absolute Gasteiger partial charge is 0.223 e. The van der Waals surface area contributed by atoms with E-state index < -0.39 is 0 Å². The summed E-state index contributed by atoms with van der Waals surface area (Å²) in [5.74, 6) is 1.11. The second kappa shape index (κ2) is 8.33. The number of likely N-dealkylation sites (tertiary alicyclic amines) is 1. The Morgan fingerprint density at radius 1 is 1.31 bits per heavy atom. The van der Waals surface area contributed by atoms with Gasteiger partial charge in [0.2, 0.25) is 5.91 Å². The molecule has 0 radical (unpaired) electrons. The Kier molecular flexibility index (Phi) is 6.11. The molecule has 0 bridgehead atoms. The summed E-state index contributed by atoms with van der Waals surface area (Å²) in [6.45, 7) is 5.03. The van der Waals surface area contributed by atoms with Gasteiger partial charge in [0.1, 0.15) is 0 Å². The maximum absolute atomic E-state index is 12.0.